The van der Waals surface area contributed by atoms with Gasteiger partial charge in [0.15, 0.2) is 6.10 Å². The highest BCUT2D eigenvalue weighted by Crippen LogP contribution is 2.25. The van der Waals surface area contributed by atoms with E-state index in [1.54, 1.807) is 6.07 Å². The maximum atomic E-state index is 11.5. The highest BCUT2D eigenvalue weighted by Gasteiger charge is 2.24. The van der Waals surface area contributed by atoms with Gasteiger partial charge < -0.3 is 14.0 Å². The molecule has 0 fully saturated rings. The molecule has 2 heterocycles. The van der Waals surface area contributed by atoms with Gasteiger partial charge in [0.25, 0.3) is 0 Å². The highest BCUT2D eigenvalue weighted by molar-refractivity contribution is 6.34. The van der Waals surface area contributed by atoms with Gasteiger partial charge >= 0.3 is 5.63 Å². The molecule has 26 heavy (non-hydrogen) atoms. The molecule has 0 radical (unpaired) electrons. The SMILES string of the molecule is Cc1cc(=O)oc2cc(OC[C@@H]3CC(c4ccccc4Cl)=NO3)ccc12. The van der Waals surface area contributed by atoms with Gasteiger partial charge in [-0.15, -0.1) is 0 Å². The molecule has 0 bridgehead atoms. The van der Waals surface area contributed by atoms with E-state index in [0.29, 0.717) is 29.4 Å². The van der Waals surface area contributed by atoms with Gasteiger partial charge in [0.2, 0.25) is 0 Å². The average molecular weight is 370 g/mol. The van der Waals surface area contributed by atoms with Crippen molar-refractivity contribution in [3.05, 3.63) is 75.1 Å². The summed E-state index contributed by atoms with van der Waals surface area (Å²) in [5.74, 6) is 0.612. The van der Waals surface area contributed by atoms with Gasteiger partial charge in [0.05, 0.1) is 5.71 Å². The third-order valence-corrected chi connectivity index (χ3v) is 4.61. The van der Waals surface area contributed by atoms with Crippen molar-refractivity contribution in [2.75, 3.05) is 6.61 Å². The minimum Gasteiger partial charge on any atom is -0.489 e. The Hall–Kier alpha value is -2.79. The van der Waals surface area contributed by atoms with E-state index in [9.17, 15) is 4.79 Å². The van der Waals surface area contributed by atoms with Crippen molar-refractivity contribution >= 4 is 28.3 Å². The van der Waals surface area contributed by atoms with E-state index in [4.69, 9.17) is 25.6 Å². The van der Waals surface area contributed by atoms with Gasteiger partial charge in [0, 0.05) is 34.5 Å². The van der Waals surface area contributed by atoms with Gasteiger partial charge in [-0.25, -0.2) is 4.79 Å². The molecule has 0 saturated heterocycles. The van der Waals surface area contributed by atoms with E-state index in [1.807, 2.05) is 43.3 Å². The Labute approximate surface area is 154 Å². The summed E-state index contributed by atoms with van der Waals surface area (Å²) in [7, 11) is 0. The van der Waals surface area contributed by atoms with Crippen LogP contribution in [0.4, 0.5) is 0 Å². The summed E-state index contributed by atoms with van der Waals surface area (Å²) in [5, 5.41) is 5.66. The predicted molar refractivity (Wildman–Crippen MR) is 100 cm³/mol. The van der Waals surface area contributed by atoms with Crippen LogP contribution in [0.1, 0.15) is 17.5 Å². The Morgan fingerprint density at radius 1 is 1.23 bits per heavy atom. The maximum absolute atomic E-state index is 11.5. The minimum atomic E-state index is -0.371. The van der Waals surface area contributed by atoms with E-state index in [2.05, 4.69) is 5.16 Å². The maximum Gasteiger partial charge on any atom is 0.336 e. The molecule has 0 N–H and O–H groups in total. The second-order valence-corrected chi connectivity index (χ2v) is 6.57. The number of nitrogens with zero attached hydrogens (tertiary/aromatic N) is 1. The Bertz CT molecular complexity index is 1060. The van der Waals surface area contributed by atoms with Crippen molar-refractivity contribution in [3.8, 4) is 5.75 Å². The molecule has 1 aromatic heterocycles. The van der Waals surface area contributed by atoms with Crippen molar-refractivity contribution in [2.24, 2.45) is 5.16 Å². The zero-order valence-corrected chi connectivity index (χ0v) is 14.8. The number of hydrogen-bond donors (Lipinski definition) is 0. The number of ether oxygens (including phenoxy) is 1. The van der Waals surface area contributed by atoms with Crippen molar-refractivity contribution in [1.82, 2.24) is 0 Å². The van der Waals surface area contributed by atoms with Crippen molar-refractivity contribution < 1.29 is 14.0 Å². The fourth-order valence-electron chi connectivity index (χ4n) is 2.96. The summed E-state index contributed by atoms with van der Waals surface area (Å²) < 4.78 is 11.0. The Morgan fingerprint density at radius 3 is 2.92 bits per heavy atom. The van der Waals surface area contributed by atoms with Gasteiger partial charge in [0.1, 0.15) is 17.9 Å². The van der Waals surface area contributed by atoms with Gasteiger partial charge in [-0.1, -0.05) is 35.0 Å². The van der Waals surface area contributed by atoms with E-state index in [1.165, 1.54) is 6.07 Å². The highest BCUT2D eigenvalue weighted by atomic mass is 35.5. The minimum absolute atomic E-state index is 0.193. The molecule has 3 aromatic rings. The standard InChI is InChI=1S/C20H16ClNO4/c1-12-8-20(23)25-19-10-13(6-7-15(12)19)24-11-14-9-18(22-26-14)16-4-2-3-5-17(16)21/h2-8,10,14H,9,11H2,1H3/t14-/m0/s1. The molecule has 2 aromatic carbocycles. The second-order valence-electron chi connectivity index (χ2n) is 6.17. The number of halogens is 1. The molecule has 0 spiro atoms. The Morgan fingerprint density at radius 2 is 2.08 bits per heavy atom. The quantitative estimate of drug-likeness (QED) is 0.642. The first-order valence-corrected chi connectivity index (χ1v) is 8.63. The molecule has 0 saturated carbocycles. The summed E-state index contributed by atoms with van der Waals surface area (Å²) in [6.45, 7) is 2.21. The summed E-state index contributed by atoms with van der Waals surface area (Å²) in [5.41, 5.74) is 2.69. The predicted octanol–water partition coefficient (Wildman–Crippen LogP) is 4.33. The lowest BCUT2D eigenvalue weighted by molar-refractivity contribution is 0.0471. The van der Waals surface area contributed by atoms with Crippen LogP contribution in [-0.2, 0) is 4.84 Å². The van der Waals surface area contributed by atoms with Crippen LogP contribution >= 0.6 is 11.6 Å². The first-order valence-electron chi connectivity index (χ1n) is 8.25. The molecule has 0 unspecified atom stereocenters. The first-order chi connectivity index (χ1) is 12.6. The Kier molecular flexibility index (Phi) is 4.39. The summed E-state index contributed by atoms with van der Waals surface area (Å²) in [4.78, 5) is 17.0. The third kappa shape index (κ3) is 3.30. The van der Waals surface area contributed by atoms with Crippen LogP contribution in [-0.4, -0.2) is 18.4 Å². The number of oxime groups is 1. The Balaban J connectivity index is 1.43. The molecule has 1 aliphatic heterocycles. The molecule has 132 valence electrons. The summed E-state index contributed by atoms with van der Waals surface area (Å²) in [6.07, 6.45) is 0.424. The van der Waals surface area contributed by atoms with Crippen LogP contribution in [0.25, 0.3) is 11.0 Å². The molecule has 6 heteroatoms. The van der Waals surface area contributed by atoms with E-state index in [-0.39, 0.29) is 11.7 Å². The second kappa shape index (κ2) is 6.84. The number of hydrogen-bond acceptors (Lipinski definition) is 5. The fraction of sp³-hybridized carbons (Fsp3) is 0.200. The zero-order chi connectivity index (χ0) is 18.1. The van der Waals surface area contributed by atoms with E-state index < -0.39 is 0 Å². The summed E-state index contributed by atoms with van der Waals surface area (Å²) in [6, 6.07) is 14.5. The number of aryl methyl sites for hydroxylation is 1. The normalized spacial score (nSPS) is 16.4. The van der Waals surface area contributed by atoms with Crippen LogP contribution in [0.3, 0.4) is 0 Å². The largest absolute Gasteiger partial charge is 0.489 e. The van der Waals surface area contributed by atoms with Crippen molar-refractivity contribution in [2.45, 2.75) is 19.4 Å². The van der Waals surface area contributed by atoms with Crippen LogP contribution in [0.2, 0.25) is 5.02 Å². The van der Waals surface area contributed by atoms with Crippen molar-refractivity contribution in [3.63, 3.8) is 0 Å². The molecular formula is C20H16ClNO4. The molecule has 1 aliphatic rings. The molecule has 4 rings (SSSR count). The van der Waals surface area contributed by atoms with Crippen LogP contribution in [0.15, 0.2) is 62.9 Å². The van der Waals surface area contributed by atoms with Crippen LogP contribution in [0.5, 0.6) is 5.75 Å². The molecule has 0 aliphatic carbocycles. The topological polar surface area (TPSA) is 61.0 Å². The first kappa shape index (κ1) is 16.7. The van der Waals surface area contributed by atoms with E-state index in [0.717, 1.165) is 22.2 Å². The van der Waals surface area contributed by atoms with Crippen molar-refractivity contribution in [1.29, 1.82) is 0 Å². The number of rotatable bonds is 4. The van der Waals surface area contributed by atoms with E-state index >= 15 is 0 Å². The monoisotopic (exact) mass is 369 g/mol. The van der Waals surface area contributed by atoms with Gasteiger partial charge in [-0.3, -0.25) is 0 Å². The third-order valence-electron chi connectivity index (χ3n) is 4.28. The lowest BCUT2D eigenvalue weighted by atomic mass is 10.1. The smallest absolute Gasteiger partial charge is 0.336 e. The molecule has 0 amide bonds. The lowest BCUT2D eigenvalue weighted by Crippen LogP contribution is -2.18. The van der Waals surface area contributed by atoms with Crippen LogP contribution in [0, 0.1) is 6.92 Å². The zero-order valence-electron chi connectivity index (χ0n) is 14.1. The molecule has 1 atom stereocenters. The van der Waals surface area contributed by atoms with Crippen LogP contribution < -0.4 is 10.4 Å². The lowest BCUT2D eigenvalue weighted by Gasteiger charge is -2.11. The number of benzene rings is 2. The van der Waals surface area contributed by atoms with Gasteiger partial charge in [-0.2, -0.15) is 0 Å². The molecule has 5 nitrogen and oxygen atoms in total. The average Bonchev–Trinajstić information content (AvgIpc) is 3.08. The van der Waals surface area contributed by atoms with Gasteiger partial charge in [-0.05, 0) is 30.7 Å². The summed E-state index contributed by atoms with van der Waals surface area (Å²) >= 11 is 6.20. The number of fused-ring (bicyclic) bond motifs is 1. The molecular weight excluding hydrogens is 354 g/mol. The fourth-order valence-corrected chi connectivity index (χ4v) is 3.20.